The molecule has 1 N–H and O–H groups in total. The van der Waals surface area contributed by atoms with Gasteiger partial charge in [-0.2, -0.15) is 0 Å². The molecule has 0 saturated heterocycles. The number of halogens is 1. The van der Waals surface area contributed by atoms with Gasteiger partial charge in [-0.15, -0.1) is 0 Å². The summed E-state index contributed by atoms with van der Waals surface area (Å²) in [6, 6.07) is 11.2. The highest BCUT2D eigenvalue weighted by Crippen LogP contribution is 2.31. The highest BCUT2D eigenvalue weighted by atomic mass is 19.1. The maximum atomic E-state index is 14.1. The van der Waals surface area contributed by atoms with Gasteiger partial charge in [0, 0.05) is 37.3 Å². The zero-order valence-electron chi connectivity index (χ0n) is 15.3. The lowest BCUT2D eigenvalue weighted by Gasteiger charge is -2.32. The number of rotatable bonds is 6. The highest BCUT2D eigenvalue weighted by Gasteiger charge is 2.21. The van der Waals surface area contributed by atoms with E-state index in [2.05, 4.69) is 17.0 Å². The number of carboxylic acid groups (broad SMARTS) is 1. The zero-order valence-corrected chi connectivity index (χ0v) is 15.3. The number of anilines is 1. The third-order valence-corrected chi connectivity index (χ3v) is 5.49. The van der Waals surface area contributed by atoms with Crippen molar-refractivity contribution in [1.82, 2.24) is 0 Å². The molecule has 2 aromatic carbocycles. The van der Waals surface area contributed by atoms with Crippen LogP contribution in [-0.4, -0.2) is 23.7 Å². The van der Waals surface area contributed by atoms with Gasteiger partial charge in [-0.05, 0) is 54.9 Å². The second-order valence-electron chi connectivity index (χ2n) is 7.48. The van der Waals surface area contributed by atoms with Crippen molar-refractivity contribution in [3.8, 4) is 5.75 Å². The third-order valence-electron chi connectivity index (χ3n) is 5.49. The van der Waals surface area contributed by atoms with Crippen LogP contribution in [-0.2, 0) is 24.2 Å². The van der Waals surface area contributed by atoms with Crippen LogP contribution in [0.5, 0.6) is 5.75 Å². The molecule has 27 heavy (non-hydrogen) atoms. The molecular formula is C22H24FNO3. The minimum atomic E-state index is -0.773. The van der Waals surface area contributed by atoms with Crippen molar-refractivity contribution in [2.75, 3.05) is 11.4 Å². The molecule has 2 aliphatic rings. The number of carboxylic acids is 1. The molecule has 142 valence electrons. The van der Waals surface area contributed by atoms with Crippen molar-refractivity contribution >= 4 is 11.7 Å². The smallest absolute Gasteiger partial charge is 0.303 e. The normalized spacial score (nSPS) is 16.6. The predicted molar refractivity (Wildman–Crippen MR) is 102 cm³/mol. The van der Waals surface area contributed by atoms with Gasteiger partial charge in [0.1, 0.15) is 11.6 Å². The fourth-order valence-electron chi connectivity index (χ4n) is 3.71. The molecule has 4 nitrogen and oxygen atoms in total. The van der Waals surface area contributed by atoms with Crippen LogP contribution in [0.1, 0.15) is 42.4 Å². The quantitative estimate of drug-likeness (QED) is 0.823. The van der Waals surface area contributed by atoms with Gasteiger partial charge >= 0.3 is 5.97 Å². The molecule has 1 heterocycles. The average Bonchev–Trinajstić information content (AvgIpc) is 2.62. The maximum Gasteiger partial charge on any atom is 0.303 e. The number of nitrogens with zero attached hydrogens (tertiary/aromatic N) is 1. The van der Waals surface area contributed by atoms with E-state index in [1.165, 1.54) is 23.6 Å². The Kier molecular flexibility index (Phi) is 5.01. The molecule has 0 atom stereocenters. The van der Waals surface area contributed by atoms with Crippen molar-refractivity contribution in [2.24, 2.45) is 0 Å². The van der Waals surface area contributed by atoms with Gasteiger partial charge in [0.25, 0.3) is 0 Å². The number of aliphatic carboxylic acids is 1. The Hall–Kier alpha value is -2.56. The molecule has 0 aromatic heterocycles. The van der Waals surface area contributed by atoms with Gasteiger partial charge < -0.3 is 14.7 Å². The monoisotopic (exact) mass is 369 g/mol. The summed E-state index contributed by atoms with van der Waals surface area (Å²) >= 11 is 0. The number of hydrogen-bond donors (Lipinski definition) is 1. The Morgan fingerprint density at radius 1 is 1.19 bits per heavy atom. The number of carbonyl (C=O) groups is 1. The summed E-state index contributed by atoms with van der Waals surface area (Å²) in [5.74, 6) is -0.425. The summed E-state index contributed by atoms with van der Waals surface area (Å²) in [5.41, 5.74) is 4.39. The number of ether oxygens (including phenoxy) is 1. The number of fused-ring (bicyclic) bond motifs is 1. The van der Waals surface area contributed by atoms with Crippen LogP contribution in [0.4, 0.5) is 10.1 Å². The fraction of sp³-hybridized carbons (Fsp3) is 0.409. The average molecular weight is 369 g/mol. The first-order chi connectivity index (χ1) is 13.1. The van der Waals surface area contributed by atoms with Gasteiger partial charge in [-0.1, -0.05) is 18.2 Å². The molecule has 4 rings (SSSR count). The molecule has 5 heteroatoms. The van der Waals surface area contributed by atoms with Crippen molar-refractivity contribution in [2.45, 2.75) is 51.2 Å². The number of benzene rings is 2. The van der Waals surface area contributed by atoms with E-state index in [0.29, 0.717) is 12.2 Å². The summed E-state index contributed by atoms with van der Waals surface area (Å²) < 4.78 is 20.0. The van der Waals surface area contributed by atoms with Crippen molar-refractivity contribution in [3.05, 3.63) is 58.9 Å². The summed E-state index contributed by atoms with van der Waals surface area (Å²) in [7, 11) is 0. The molecule has 0 amide bonds. The van der Waals surface area contributed by atoms with Gasteiger partial charge in [0.2, 0.25) is 0 Å². The third kappa shape index (κ3) is 4.24. The Bertz CT molecular complexity index is 847. The molecule has 2 aromatic rings. The maximum absolute atomic E-state index is 14.1. The number of hydrogen-bond acceptors (Lipinski definition) is 3. The van der Waals surface area contributed by atoms with Gasteiger partial charge in [-0.25, -0.2) is 4.39 Å². The van der Waals surface area contributed by atoms with Crippen LogP contribution in [0.25, 0.3) is 0 Å². The van der Waals surface area contributed by atoms with Crippen molar-refractivity contribution < 1.29 is 19.0 Å². The molecular weight excluding hydrogens is 345 g/mol. The predicted octanol–water partition coefficient (Wildman–Crippen LogP) is 4.34. The Balaban J connectivity index is 1.48. The van der Waals surface area contributed by atoms with Gasteiger partial charge in [0.05, 0.1) is 6.10 Å². The van der Waals surface area contributed by atoms with E-state index in [1.807, 2.05) is 12.1 Å². The van der Waals surface area contributed by atoms with Crippen molar-refractivity contribution in [1.29, 1.82) is 0 Å². The minimum absolute atomic E-state index is 0.151. The molecule has 0 bridgehead atoms. The molecule has 0 spiro atoms. The largest absolute Gasteiger partial charge is 0.490 e. The first kappa shape index (κ1) is 17.8. The first-order valence-electron chi connectivity index (χ1n) is 9.61. The van der Waals surface area contributed by atoms with Crippen LogP contribution < -0.4 is 9.64 Å². The second-order valence-corrected chi connectivity index (χ2v) is 7.48. The van der Waals surface area contributed by atoms with E-state index in [1.54, 1.807) is 6.07 Å². The SMILES string of the molecule is O=C(O)CCc1ccc2c(c1)CCN(c1cc(F)cc(OC3CCC3)c1)C2. The van der Waals surface area contributed by atoms with E-state index in [9.17, 15) is 9.18 Å². The lowest BCUT2D eigenvalue weighted by atomic mass is 9.95. The van der Waals surface area contributed by atoms with Gasteiger partial charge in [-0.3, -0.25) is 4.79 Å². The summed E-state index contributed by atoms with van der Waals surface area (Å²) in [6.07, 6.45) is 5.08. The van der Waals surface area contributed by atoms with E-state index >= 15 is 0 Å². The Morgan fingerprint density at radius 2 is 2.04 bits per heavy atom. The molecule has 1 aliphatic carbocycles. The topological polar surface area (TPSA) is 49.8 Å². The van der Waals surface area contributed by atoms with E-state index in [-0.39, 0.29) is 18.3 Å². The van der Waals surface area contributed by atoms with Crippen LogP contribution in [0.3, 0.4) is 0 Å². The van der Waals surface area contributed by atoms with Crippen LogP contribution >= 0.6 is 0 Å². The highest BCUT2D eigenvalue weighted by molar-refractivity contribution is 5.67. The molecule has 0 unspecified atom stereocenters. The zero-order chi connectivity index (χ0) is 18.8. The van der Waals surface area contributed by atoms with E-state index < -0.39 is 5.97 Å². The van der Waals surface area contributed by atoms with Crippen LogP contribution in [0, 0.1) is 5.82 Å². The lowest BCUT2D eigenvalue weighted by molar-refractivity contribution is -0.136. The van der Waals surface area contributed by atoms with E-state index in [4.69, 9.17) is 9.84 Å². The Labute approximate surface area is 158 Å². The van der Waals surface area contributed by atoms with Gasteiger partial charge in [0.15, 0.2) is 0 Å². The molecule has 1 fully saturated rings. The summed E-state index contributed by atoms with van der Waals surface area (Å²) in [6.45, 7) is 1.53. The van der Waals surface area contributed by atoms with Crippen LogP contribution in [0.2, 0.25) is 0 Å². The standard InChI is InChI=1S/C22H24FNO3/c23-18-11-19(13-21(12-18)27-20-2-1-3-20)24-9-8-16-10-15(5-7-22(25)26)4-6-17(16)14-24/h4,6,10-13,20H,1-3,5,7-9,14H2,(H,25,26). The fourth-order valence-corrected chi connectivity index (χ4v) is 3.71. The Morgan fingerprint density at radius 3 is 2.78 bits per heavy atom. The lowest BCUT2D eigenvalue weighted by Crippen LogP contribution is -2.30. The summed E-state index contributed by atoms with van der Waals surface area (Å²) in [5, 5.41) is 8.85. The first-order valence-corrected chi connectivity index (χ1v) is 9.61. The second kappa shape index (κ2) is 7.59. The van der Waals surface area contributed by atoms with Crippen LogP contribution in [0.15, 0.2) is 36.4 Å². The minimum Gasteiger partial charge on any atom is -0.490 e. The van der Waals surface area contributed by atoms with Crippen molar-refractivity contribution in [3.63, 3.8) is 0 Å². The molecule has 1 saturated carbocycles. The summed E-state index contributed by atoms with van der Waals surface area (Å²) in [4.78, 5) is 12.9. The van der Waals surface area contributed by atoms with E-state index in [0.717, 1.165) is 43.6 Å². The molecule has 0 radical (unpaired) electrons. The number of aryl methyl sites for hydroxylation is 1. The molecule has 1 aliphatic heterocycles.